The Morgan fingerprint density at radius 2 is 2.00 bits per heavy atom. The number of carbonyl (C=O) groups is 1. The first-order valence-electron chi connectivity index (χ1n) is 5.35. The van der Waals surface area contributed by atoms with Crippen molar-refractivity contribution in [1.29, 1.82) is 0 Å². The molecule has 0 saturated carbocycles. The lowest BCUT2D eigenvalue weighted by Crippen LogP contribution is -2.16. The molecule has 6 heteroatoms. The van der Waals surface area contributed by atoms with Crippen molar-refractivity contribution in [3.05, 3.63) is 68.1 Å². The molecule has 4 nitrogen and oxygen atoms in total. The van der Waals surface area contributed by atoms with Crippen molar-refractivity contribution in [3.8, 4) is 0 Å². The predicted molar refractivity (Wildman–Crippen MR) is 73.2 cm³/mol. The molecule has 0 radical (unpaired) electrons. The van der Waals surface area contributed by atoms with E-state index in [0.717, 1.165) is 5.56 Å². The molecule has 0 bridgehead atoms. The Bertz CT molecular complexity index is 695. The zero-order valence-corrected chi connectivity index (χ0v) is 11.1. The van der Waals surface area contributed by atoms with Gasteiger partial charge >= 0.3 is 5.97 Å². The van der Waals surface area contributed by atoms with E-state index in [1.54, 1.807) is 22.8 Å². The summed E-state index contributed by atoms with van der Waals surface area (Å²) in [7, 11) is 0. The van der Waals surface area contributed by atoms with Gasteiger partial charge in [0, 0.05) is 25.0 Å². The van der Waals surface area contributed by atoms with Gasteiger partial charge in [-0.1, -0.05) is 35.3 Å². The van der Waals surface area contributed by atoms with Crippen molar-refractivity contribution in [1.82, 2.24) is 4.57 Å². The van der Waals surface area contributed by atoms with Crippen LogP contribution >= 0.6 is 23.2 Å². The molecule has 0 aliphatic heterocycles. The van der Waals surface area contributed by atoms with Crippen LogP contribution < -0.4 is 5.43 Å². The second kappa shape index (κ2) is 5.47. The van der Waals surface area contributed by atoms with Crippen LogP contribution in [0.1, 0.15) is 15.9 Å². The fourth-order valence-corrected chi connectivity index (χ4v) is 2.03. The maximum atomic E-state index is 11.3. The minimum Gasteiger partial charge on any atom is -0.477 e. The molecule has 0 aliphatic carbocycles. The Morgan fingerprint density at radius 1 is 1.26 bits per heavy atom. The first-order valence-corrected chi connectivity index (χ1v) is 6.11. The van der Waals surface area contributed by atoms with Gasteiger partial charge in [-0.15, -0.1) is 0 Å². The molecule has 19 heavy (non-hydrogen) atoms. The first-order chi connectivity index (χ1) is 8.99. The summed E-state index contributed by atoms with van der Waals surface area (Å²) < 4.78 is 1.57. The van der Waals surface area contributed by atoms with Gasteiger partial charge in [0.05, 0.1) is 10.0 Å². The van der Waals surface area contributed by atoms with Crippen LogP contribution in [0.2, 0.25) is 10.0 Å². The number of carboxylic acids is 1. The number of pyridine rings is 1. The van der Waals surface area contributed by atoms with Crippen molar-refractivity contribution >= 4 is 29.2 Å². The first kappa shape index (κ1) is 13.6. The Labute approximate surface area is 118 Å². The van der Waals surface area contributed by atoms with Gasteiger partial charge in [0.15, 0.2) is 5.43 Å². The summed E-state index contributed by atoms with van der Waals surface area (Å²) in [6, 6.07) is 6.42. The molecule has 0 amide bonds. The van der Waals surface area contributed by atoms with E-state index in [4.69, 9.17) is 28.3 Å². The molecule has 0 unspecified atom stereocenters. The fourth-order valence-electron chi connectivity index (χ4n) is 1.65. The number of rotatable bonds is 3. The van der Waals surface area contributed by atoms with Gasteiger partial charge in [0.2, 0.25) is 0 Å². The predicted octanol–water partition coefficient (Wildman–Crippen LogP) is 2.90. The van der Waals surface area contributed by atoms with Crippen LogP contribution in [0.15, 0.2) is 41.5 Å². The topological polar surface area (TPSA) is 59.3 Å². The zero-order valence-electron chi connectivity index (χ0n) is 9.64. The molecule has 0 atom stereocenters. The van der Waals surface area contributed by atoms with Gasteiger partial charge in [0.1, 0.15) is 5.56 Å². The number of benzene rings is 1. The molecule has 2 rings (SSSR count). The van der Waals surface area contributed by atoms with Gasteiger partial charge in [0.25, 0.3) is 0 Å². The summed E-state index contributed by atoms with van der Waals surface area (Å²) in [6.07, 6.45) is 2.79. The third-order valence-corrected chi connectivity index (χ3v) is 3.45. The molecular weight excluding hydrogens is 289 g/mol. The van der Waals surface area contributed by atoms with Crippen LogP contribution in [-0.4, -0.2) is 15.6 Å². The number of aromatic carboxylic acids is 1. The van der Waals surface area contributed by atoms with Gasteiger partial charge < -0.3 is 9.67 Å². The molecule has 0 spiro atoms. The second-order valence-corrected chi connectivity index (χ2v) is 4.70. The van der Waals surface area contributed by atoms with Crippen LogP contribution in [0.4, 0.5) is 0 Å². The number of hydrogen-bond donors (Lipinski definition) is 1. The van der Waals surface area contributed by atoms with E-state index in [-0.39, 0.29) is 5.56 Å². The van der Waals surface area contributed by atoms with E-state index < -0.39 is 11.4 Å². The number of nitrogens with zero attached hydrogens (tertiary/aromatic N) is 1. The normalized spacial score (nSPS) is 10.4. The molecule has 98 valence electrons. The SMILES string of the molecule is O=C(O)c1cn(Cc2cccc(Cl)c2Cl)ccc1=O. The van der Waals surface area contributed by atoms with E-state index in [0.29, 0.717) is 16.6 Å². The molecule has 0 fully saturated rings. The monoisotopic (exact) mass is 297 g/mol. The standard InChI is InChI=1S/C13H9Cl2NO3/c14-10-3-1-2-8(12(10)15)6-16-5-4-11(17)9(7-16)13(18)19/h1-5,7H,6H2,(H,18,19). The van der Waals surface area contributed by atoms with Crippen LogP contribution in [0, 0.1) is 0 Å². The minimum atomic E-state index is -1.25. The van der Waals surface area contributed by atoms with Gasteiger partial charge in [-0.2, -0.15) is 0 Å². The summed E-state index contributed by atoms with van der Waals surface area (Å²) >= 11 is 12.0. The largest absolute Gasteiger partial charge is 0.477 e. The van der Waals surface area contributed by atoms with E-state index in [1.165, 1.54) is 18.5 Å². The molecule has 0 aliphatic rings. The van der Waals surface area contributed by atoms with Gasteiger partial charge in [-0.25, -0.2) is 4.79 Å². The Morgan fingerprint density at radius 3 is 2.68 bits per heavy atom. The highest BCUT2D eigenvalue weighted by atomic mass is 35.5. The van der Waals surface area contributed by atoms with Crippen LogP contribution in [0.5, 0.6) is 0 Å². The van der Waals surface area contributed by atoms with Gasteiger partial charge in [-0.3, -0.25) is 4.79 Å². The number of halogens is 2. The third-order valence-electron chi connectivity index (χ3n) is 2.59. The quantitative estimate of drug-likeness (QED) is 0.947. The van der Waals surface area contributed by atoms with E-state index in [1.807, 2.05) is 0 Å². The average molecular weight is 298 g/mol. The van der Waals surface area contributed by atoms with E-state index in [9.17, 15) is 9.59 Å². The van der Waals surface area contributed by atoms with Crippen molar-refractivity contribution in [3.63, 3.8) is 0 Å². The van der Waals surface area contributed by atoms with Crippen molar-refractivity contribution in [2.24, 2.45) is 0 Å². The van der Waals surface area contributed by atoms with E-state index in [2.05, 4.69) is 0 Å². The van der Waals surface area contributed by atoms with Crippen LogP contribution in [0.3, 0.4) is 0 Å². The molecule has 1 N–H and O–H groups in total. The summed E-state index contributed by atoms with van der Waals surface area (Å²) in [5.41, 5.74) is -0.0595. The van der Waals surface area contributed by atoms with Crippen molar-refractivity contribution in [2.45, 2.75) is 6.54 Å². The minimum absolute atomic E-state index is 0.277. The van der Waals surface area contributed by atoms with E-state index >= 15 is 0 Å². The van der Waals surface area contributed by atoms with Crippen LogP contribution in [-0.2, 0) is 6.54 Å². The Kier molecular flexibility index (Phi) is 3.93. The smallest absolute Gasteiger partial charge is 0.341 e. The Hall–Kier alpha value is -1.78. The highest BCUT2D eigenvalue weighted by molar-refractivity contribution is 6.42. The molecule has 1 aromatic heterocycles. The summed E-state index contributed by atoms with van der Waals surface area (Å²) in [5, 5.41) is 9.74. The van der Waals surface area contributed by atoms with Gasteiger partial charge in [-0.05, 0) is 11.6 Å². The van der Waals surface area contributed by atoms with Crippen LogP contribution in [0.25, 0.3) is 0 Å². The number of carboxylic acid groups (broad SMARTS) is 1. The summed E-state index contributed by atoms with van der Waals surface area (Å²) in [4.78, 5) is 22.2. The molecular formula is C13H9Cl2NO3. The zero-order chi connectivity index (χ0) is 14.0. The number of hydrogen-bond acceptors (Lipinski definition) is 2. The maximum absolute atomic E-state index is 11.3. The summed E-state index contributed by atoms with van der Waals surface area (Å²) in [5.74, 6) is -1.25. The molecule has 1 aromatic carbocycles. The lowest BCUT2D eigenvalue weighted by molar-refractivity contribution is 0.0694. The summed E-state index contributed by atoms with van der Waals surface area (Å²) in [6.45, 7) is 0.333. The third kappa shape index (κ3) is 2.97. The van der Waals surface area contributed by atoms with Crippen molar-refractivity contribution < 1.29 is 9.90 Å². The van der Waals surface area contributed by atoms with Crippen molar-refractivity contribution in [2.75, 3.05) is 0 Å². The lowest BCUT2D eigenvalue weighted by atomic mass is 10.2. The maximum Gasteiger partial charge on any atom is 0.341 e. The average Bonchev–Trinajstić information content (AvgIpc) is 2.37. The highest BCUT2D eigenvalue weighted by Gasteiger charge is 2.10. The highest BCUT2D eigenvalue weighted by Crippen LogP contribution is 2.25. The second-order valence-electron chi connectivity index (χ2n) is 3.91. The number of aromatic nitrogens is 1. The molecule has 2 aromatic rings. The fraction of sp³-hybridized carbons (Fsp3) is 0.0769. The lowest BCUT2D eigenvalue weighted by Gasteiger charge is -2.09. The molecule has 1 heterocycles. The Balaban J connectivity index is 2.39. The molecule has 0 saturated heterocycles.